The van der Waals surface area contributed by atoms with E-state index in [1.165, 1.54) is 12.1 Å². The Morgan fingerprint density at radius 3 is 2.39 bits per heavy atom. The van der Waals surface area contributed by atoms with E-state index in [1.54, 1.807) is 6.07 Å². The summed E-state index contributed by atoms with van der Waals surface area (Å²) in [4.78, 5) is 15.7. The zero-order chi connectivity index (χ0) is 19.3. The number of para-hydroxylation sites is 1. The molecule has 5 heteroatoms. The molecule has 1 heterocycles. The van der Waals surface area contributed by atoms with Gasteiger partial charge >= 0.3 is 0 Å². The number of carbonyl (C=O) groups excluding carboxylic acids is 1. The van der Waals surface area contributed by atoms with Crippen LogP contribution in [-0.2, 0) is 11.2 Å². The van der Waals surface area contributed by atoms with Gasteiger partial charge in [0, 0.05) is 23.0 Å². The van der Waals surface area contributed by atoms with Gasteiger partial charge in [-0.25, -0.2) is 4.39 Å². The van der Waals surface area contributed by atoms with Crippen molar-refractivity contribution in [2.75, 3.05) is 5.43 Å². The number of aromatic nitrogens is 1. The third kappa shape index (κ3) is 3.88. The molecule has 0 saturated heterocycles. The van der Waals surface area contributed by atoms with E-state index in [1.807, 2.05) is 60.7 Å². The molecule has 0 unspecified atom stereocenters. The fourth-order valence-electron chi connectivity index (χ4n) is 3.30. The monoisotopic (exact) mass is 373 g/mol. The summed E-state index contributed by atoms with van der Waals surface area (Å²) >= 11 is 0. The standard InChI is InChI=1S/C23H20FN3O/c24-17-11-13-21-20(15-17)19(23(25-21)16-7-3-1-4-8-16)12-14-22(28)27-26-18-9-5-2-6-10-18/h1-11,13,15,25-26H,12,14H2,(H,27,28). The molecule has 1 amide bonds. The average molecular weight is 373 g/mol. The van der Waals surface area contributed by atoms with Gasteiger partial charge in [0.1, 0.15) is 5.82 Å². The number of nitrogens with one attached hydrogen (secondary N) is 3. The Balaban J connectivity index is 1.55. The SMILES string of the molecule is O=C(CCc1c(-c2ccccc2)[nH]c2ccc(F)cc12)NNc1ccccc1. The van der Waals surface area contributed by atoms with Crippen LogP contribution >= 0.6 is 0 Å². The number of halogens is 1. The van der Waals surface area contributed by atoms with Gasteiger partial charge in [-0.05, 0) is 47.9 Å². The van der Waals surface area contributed by atoms with E-state index < -0.39 is 0 Å². The van der Waals surface area contributed by atoms with Crippen molar-refractivity contribution in [2.24, 2.45) is 0 Å². The molecule has 3 aromatic carbocycles. The van der Waals surface area contributed by atoms with Crippen molar-refractivity contribution < 1.29 is 9.18 Å². The van der Waals surface area contributed by atoms with Gasteiger partial charge in [0.25, 0.3) is 0 Å². The Labute approximate surface area is 162 Å². The lowest BCUT2D eigenvalue weighted by Crippen LogP contribution is -2.29. The Morgan fingerprint density at radius 2 is 1.64 bits per heavy atom. The first-order chi connectivity index (χ1) is 13.7. The van der Waals surface area contributed by atoms with E-state index in [9.17, 15) is 9.18 Å². The number of aryl methyl sites for hydroxylation is 1. The largest absolute Gasteiger partial charge is 0.354 e. The molecule has 28 heavy (non-hydrogen) atoms. The van der Waals surface area contributed by atoms with Crippen LogP contribution in [0.25, 0.3) is 22.2 Å². The molecule has 0 radical (unpaired) electrons. The lowest BCUT2D eigenvalue weighted by Gasteiger charge is -2.09. The second kappa shape index (κ2) is 7.96. The minimum atomic E-state index is -0.289. The lowest BCUT2D eigenvalue weighted by molar-refractivity contribution is -0.120. The quantitative estimate of drug-likeness (QED) is 0.414. The molecule has 0 atom stereocenters. The van der Waals surface area contributed by atoms with Crippen LogP contribution in [0.4, 0.5) is 10.1 Å². The molecule has 0 aliphatic rings. The highest BCUT2D eigenvalue weighted by atomic mass is 19.1. The van der Waals surface area contributed by atoms with E-state index in [-0.39, 0.29) is 18.1 Å². The zero-order valence-corrected chi connectivity index (χ0v) is 15.2. The van der Waals surface area contributed by atoms with Crippen LogP contribution in [0.1, 0.15) is 12.0 Å². The number of amides is 1. The summed E-state index contributed by atoms with van der Waals surface area (Å²) < 4.78 is 13.8. The number of benzene rings is 3. The third-order valence-corrected chi connectivity index (χ3v) is 4.65. The maximum absolute atomic E-state index is 13.8. The van der Waals surface area contributed by atoms with Crippen molar-refractivity contribution in [3.8, 4) is 11.3 Å². The molecular formula is C23H20FN3O. The highest BCUT2D eigenvalue weighted by Crippen LogP contribution is 2.31. The number of carbonyl (C=O) groups is 1. The molecule has 4 nitrogen and oxygen atoms in total. The summed E-state index contributed by atoms with van der Waals surface area (Å²) in [5.74, 6) is -0.420. The zero-order valence-electron chi connectivity index (χ0n) is 15.2. The molecule has 1 aromatic heterocycles. The predicted molar refractivity (Wildman–Crippen MR) is 110 cm³/mol. The van der Waals surface area contributed by atoms with E-state index >= 15 is 0 Å². The summed E-state index contributed by atoms with van der Waals surface area (Å²) in [5.41, 5.74) is 10.2. The van der Waals surface area contributed by atoms with Gasteiger partial charge in [-0.2, -0.15) is 0 Å². The first-order valence-electron chi connectivity index (χ1n) is 9.16. The van der Waals surface area contributed by atoms with E-state index in [0.29, 0.717) is 6.42 Å². The smallest absolute Gasteiger partial charge is 0.238 e. The van der Waals surface area contributed by atoms with Crippen LogP contribution in [0.5, 0.6) is 0 Å². The number of rotatable bonds is 6. The summed E-state index contributed by atoms with van der Waals surface area (Å²) in [5, 5.41) is 0.808. The molecular weight excluding hydrogens is 353 g/mol. The van der Waals surface area contributed by atoms with Gasteiger partial charge in [-0.15, -0.1) is 0 Å². The maximum Gasteiger partial charge on any atom is 0.238 e. The number of fused-ring (bicyclic) bond motifs is 1. The topological polar surface area (TPSA) is 56.9 Å². The van der Waals surface area contributed by atoms with Crippen LogP contribution in [0.3, 0.4) is 0 Å². The second-order valence-corrected chi connectivity index (χ2v) is 6.57. The number of hydrogen-bond acceptors (Lipinski definition) is 2. The fourth-order valence-corrected chi connectivity index (χ4v) is 3.30. The first kappa shape index (κ1) is 17.8. The predicted octanol–water partition coefficient (Wildman–Crippen LogP) is 5.05. The molecule has 0 aliphatic heterocycles. The molecule has 3 N–H and O–H groups in total. The minimum absolute atomic E-state index is 0.131. The van der Waals surface area contributed by atoms with Crippen molar-refractivity contribution in [1.82, 2.24) is 10.4 Å². The Hall–Kier alpha value is -3.60. The van der Waals surface area contributed by atoms with Crippen molar-refractivity contribution in [3.05, 3.63) is 90.2 Å². The molecule has 140 valence electrons. The molecule has 0 bridgehead atoms. The first-order valence-corrected chi connectivity index (χ1v) is 9.16. The number of anilines is 1. The molecule has 0 saturated carbocycles. The normalized spacial score (nSPS) is 10.8. The number of hydrazine groups is 1. The Kier molecular flexibility index (Phi) is 5.06. The molecule has 4 rings (SSSR count). The average Bonchev–Trinajstić information content (AvgIpc) is 3.10. The highest BCUT2D eigenvalue weighted by Gasteiger charge is 2.15. The van der Waals surface area contributed by atoms with Crippen LogP contribution in [0, 0.1) is 5.82 Å². The molecule has 0 aliphatic carbocycles. The molecule has 0 spiro atoms. The Morgan fingerprint density at radius 1 is 0.929 bits per heavy atom. The van der Waals surface area contributed by atoms with Crippen LogP contribution < -0.4 is 10.9 Å². The van der Waals surface area contributed by atoms with Gasteiger partial charge in [0.15, 0.2) is 0 Å². The van der Waals surface area contributed by atoms with E-state index in [2.05, 4.69) is 15.8 Å². The lowest BCUT2D eigenvalue weighted by atomic mass is 10.0. The summed E-state index contributed by atoms with van der Waals surface area (Å²) in [6, 6.07) is 24.0. The summed E-state index contributed by atoms with van der Waals surface area (Å²) in [6.45, 7) is 0. The Bertz CT molecular complexity index is 1090. The van der Waals surface area contributed by atoms with E-state index in [0.717, 1.165) is 33.4 Å². The second-order valence-electron chi connectivity index (χ2n) is 6.57. The van der Waals surface area contributed by atoms with Crippen LogP contribution in [0.2, 0.25) is 0 Å². The van der Waals surface area contributed by atoms with Crippen molar-refractivity contribution in [2.45, 2.75) is 12.8 Å². The molecule has 0 fully saturated rings. The number of hydrogen-bond donors (Lipinski definition) is 3. The van der Waals surface area contributed by atoms with Crippen molar-refractivity contribution >= 4 is 22.5 Å². The molecule has 4 aromatic rings. The third-order valence-electron chi connectivity index (χ3n) is 4.65. The van der Waals surface area contributed by atoms with Crippen molar-refractivity contribution in [1.29, 1.82) is 0 Å². The van der Waals surface area contributed by atoms with Gasteiger partial charge in [0.05, 0.1) is 5.69 Å². The summed E-state index contributed by atoms with van der Waals surface area (Å²) in [7, 11) is 0. The van der Waals surface area contributed by atoms with Crippen molar-refractivity contribution in [3.63, 3.8) is 0 Å². The minimum Gasteiger partial charge on any atom is -0.354 e. The highest BCUT2D eigenvalue weighted by molar-refractivity contribution is 5.91. The van der Waals surface area contributed by atoms with Gasteiger partial charge in [-0.1, -0.05) is 48.5 Å². The van der Waals surface area contributed by atoms with Crippen LogP contribution in [-0.4, -0.2) is 10.9 Å². The van der Waals surface area contributed by atoms with Gasteiger partial charge < -0.3 is 4.98 Å². The number of H-pyrrole nitrogens is 1. The van der Waals surface area contributed by atoms with E-state index in [4.69, 9.17) is 0 Å². The van der Waals surface area contributed by atoms with Gasteiger partial charge in [0.2, 0.25) is 5.91 Å². The summed E-state index contributed by atoms with van der Waals surface area (Å²) in [6.07, 6.45) is 0.777. The fraction of sp³-hybridized carbons (Fsp3) is 0.0870. The van der Waals surface area contributed by atoms with Crippen LogP contribution in [0.15, 0.2) is 78.9 Å². The van der Waals surface area contributed by atoms with Gasteiger partial charge in [-0.3, -0.25) is 15.6 Å². The maximum atomic E-state index is 13.8. The number of aromatic amines is 1.